The number of methoxy groups -OCH3 is 2. The van der Waals surface area contributed by atoms with Crippen LogP contribution in [0.25, 0.3) is 0 Å². The highest BCUT2D eigenvalue weighted by molar-refractivity contribution is 5.71. The van der Waals surface area contributed by atoms with Crippen molar-refractivity contribution in [2.45, 2.75) is 6.61 Å². The van der Waals surface area contributed by atoms with Gasteiger partial charge in [0.15, 0.2) is 6.61 Å². The first-order valence-electron chi connectivity index (χ1n) is 4.68. The van der Waals surface area contributed by atoms with Crippen LogP contribution in [0.1, 0.15) is 5.56 Å². The van der Waals surface area contributed by atoms with Gasteiger partial charge >= 0.3 is 5.97 Å². The summed E-state index contributed by atoms with van der Waals surface area (Å²) >= 11 is 0. The van der Waals surface area contributed by atoms with Crippen molar-refractivity contribution in [3.05, 3.63) is 23.8 Å². The van der Waals surface area contributed by atoms with Gasteiger partial charge in [-0.3, -0.25) is 0 Å². The lowest BCUT2D eigenvalue weighted by molar-refractivity contribution is -0.142. The molecule has 0 radical (unpaired) electrons. The molecular weight excluding hydrogens is 212 g/mol. The maximum absolute atomic E-state index is 10.9. The van der Waals surface area contributed by atoms with Crippen LogP contribution in [0.2, 0.25) is 0 Å². The van der Waals surface area contributed by atoms with Gasteiger partial charge in [0.05, 0.1) is 20.8 Å². The van der Waals surface area contributed by atoms with Crippen molar-refractivity contribution in [2.24, 2.45) is 0 Å². The van der Waals surface area contributed by atoms with Gasteiger partial charge in [-0.2, -0.15) is 0 Å². The minimum atomic E-state index is -0.480. The number of carbonyl (C=O) groups is 1. The van der Waals surface area contributed by atoms with Crippen LogP contribution in [0.4, 0.5) is 0 Å². The summed E-state index contributed by atoms with van der Waals surface area (Å²) < 4.78 is 14.7. The van der Waals surface area contributed by atoms with Gasteiger partial charge in [0.2, 0.25) is 0 Å². The van der Waals surface area contributed by atoms with Crippen molar-refractivity contribution >= 4 is 5.97 Å². The summed E-state index contributed by atoms with van der Waals surface area (Å²) in [5, 5.41) is 9.07. The predicted octanol–water partition coefficient (Wildman–Crippen LogP) is 0.739. The van der Waals surface area contributed by atoms with E-state index in [1.165, 1.54) is 14.2 Å². The first kappa shape index (κ1) is 12.3. The van der Waals surface area contributed by atoms with Gasteiger partial charge in [-0.15, -0.1) is 0 Å². The Bertz CT molecular complexity index is 361. The fourth-order valence-electron chi connectivity index (χ4n) is 1.12. The van der Waals surface area contributed by atoms with Crippen LogP contribution >= 0.6 is 0 Å². The predicted molar refractivity (Wildman–Crippen MR) is 56.4 cm³/mol. The van der Waals surface area contributed by atoms with E-state index in [0.29, 0.717) is 17.1 Å². The van der Waals surface area contributed by atoms with Crippen molar-refractivity contribution < 1.29 is 24.1 Å². The van der Waals surface area contributed by atoms with E-state index in [0.717, 1.165) is 0 Å². The van der Waals surface area contributed by atoms with Gasteiger partial charge in [0.25, 0.3) is 0 Å². The van der Waals surface area contributed by atoms with Gasteiger partial charge in [-0.25, -0.2) is 4.79 Å². The van der Waals surface area contributed by atoms with Crippen LogP contribution in [-0.2, 0) is 16.1 Å². The van der Waals surface area contributed by atoms with Gasteiger partial charge in [0.1, 0.15) is 11.5 Å². The summed E-state index contributed by atoms with van der Waals surface area (Å²) in [7, 11) is 2.81. The highest BCUT2D eigenvalue weighted by atomic mass is 16.6. The summed E-state index contributed by atoms with van der Waals surface area (Å²) in [4.78, 5) is 10.9. The molecule has 1 aromatic carbocycles. The molecule has 0 aliphatic heterocycles. The van der Waals surface area contributed by atoms with Crippen LogP contribution in [0.3, 0.4) is 0 Å². The van der Waals surface area contributed by atoms with Crippen LogP contribution in [0, 0.1) is 0 Å². The normalized spacial score (nSPS) is 9.69. The standard InChI is InChI=1S/C11H14O5/c1-14-9-4-3-8(6-12)10(5-9)16-7-11(13)15-2/h3-5,12H,6-7H2,1-2H3. The minimum absolute atomic E-state index is 0.166. The third-order valence-corrected chi connectivity index (χ3v) is 2.02. The van der Waals surface area contributed by atoms with Crippen molar-refractivity contribution in [3.63, 3.8) is 0 Å². The average Bonchev–Trinajstić information content (AvgIpc) is 2.35. The second-order valence-corrected chi connectivity index (χ2v) is 3.00. The highest BCUT2D eigenvalue weighted by Crippen LogP contribution is 2.24. The molecule has 0 saturated carbocycles. The summed E-state index contributed by atoms with van der Waals surface area (Å²) in [6.45, 7) is -0.364. The molecule has 5 heteroatoms. The van der Waals surface area contributed by atoms with E-state index in [4.69, 9.17) is 14.6 Å². The maximum Gasteiger partial charge on any atom is 0.343 e. The zero-order valence-corrected chi connectivity index (χ0v) is 9.23. The average molecular weight is 226 g/mol. The molecule has 0 fully saturated rings. The van der Waals surface area contributed by atoms with Gasteiger partial charge in [-0.1, -0.05) is 0 Å². The number of hydrogen-bond donors (Lipinski definition) is 1. The van der Waals surface area contributed by atoms with Gasteiger partial charge in [0, 0.05) is 11.6 Å². The quantitative estimate of drug-likeness (QED) is 0.750. The Morgan fingerprint density at radius 2 is 2.12 bits per heavy atom. The Kier molecular flexibility index (Phi) is 4.60. The van der Waals surface area contributed by atoms with Crippen molar-refractivity contribution in [3.8, 4) is 11.5 Å². The number of aliphatic hydroxyl groups excluding tert-OH is 1. The lowest BCUT2D eigenvalue weighted by atomic mass is 10.2. The molecule has 5 nitrogen and oxygen atoms in total. The number of rotatable bonds is 5. The highest BCUT2D eigenvalue weighted by Gasteiger charge is 2.07. The lowest BCUT2D eigenvalue weighted by Gasteiger charge is -2.10. The largest absolute Gasteiger partial charge is 0.497 e. The molecule has 0 atom stereocenters. The first-order valence-corrected chi connectivity index (χ1v) is 4.68. The molecule has 0 amide bonds. The summed E-state index contributed by atoms with van der Waals surface area (Å²) in [6, 6.07) is 4.98. The second-order valence-electron chi connectivity index (χ2n) is 3.00. The van der Waals surface area contributed by atoms with E-state index in [9.17, 15) is 4.79 Å². The van der Waals surface area contributed by atoms with Crippen molar-refractivity contribution in [1.29, 1.82) is 0 Å². The monoisotopic (exact) mass is 226 g/mol. The van der Waals surface area contributed by atoms with Crippen molar-refractivity contribution in [1.82, 2.24) is 0 Å². The first-order chi connectivity index (χ1) is 7.71. The number of aliphatic hydroxyl groups is 1. The molecule has 88 valence electrons. The van der Waals surface area contributed by atoms with Crippen LogP contribution in [-0.4, -0.2) is 31.9 Å². The molecule has 0 aliphatic rings. The smallest absolute Gasteiger partial charge is 0.343 e. The van der Waals surface area contributed by atoms with Gasteiger partial charge < -0.3 is 19.3 Å². The zero-order valence-electron chi connectivity index (χ0n) is 9.23. The van der Waals surface area contributed by atoms with E-state index >= 15 is 0 Å². The molecule has 1 aromatic rings. The molecule has 16 heavy (non-hydrogen) atoms. The van der Waals surface area contributed by atoms with Gasteiger partial charge in [-0.05, 0) is 12.1 Å². The Morgan fingerprint density at radius 1 is 1.38 bits per heavy atom. The number of carbonyl (C=O) groups excluding carboxylic acids is 1. The molecule has 0 aliphatic carbocycles. The maximum atomic E-state index is 10.9. The zero-order chi connectivity index (χ0) is 12.0. The SMILES string of the molecule is COC(=O)COc1cc(OC)ccc1CO. The van der Waals surface area contributed by atoms with Crippen molar-refractivity contribution in [2.75, 3.05) is 20.8 Å². The molecule has 0 aromatic heterocycles. The molecule has 1 rings (SSSR count). The molecule has 1 N–H and O–H groups in total. The second kappa shape index (κ2) is 5.97. The molecule has 0 saturated heterocycles. The Balaban J connectivity index is 2.78. The van der Waals surface area contributed by atoms with E-state index < -0.39 is 5.97 Å². The van der Waals surface area contributed by atoms with E-state index in [1.54, 1.807) is 18.2 Å². The number of ether oxygens (including phenoxy) is 3. The van der Waals surface area contributed by atoms with E-state index in [1.807, 2.05) is 0 Å². The topological polar surface area (TPSA) is 65.0 Å². The Labute approximate surface area is 93.6 Å². The molecule has 0 spiro atoms. The summed E-state index contributed by atoms with van der Waals surface area (Å²) in [5.41, 5.74) is 0.588. The number of benzene rings is 1. The van der Waals surface area contributed by atoms with E-state index in [-0.39, 0.29) is 13.2 Å². The third kappa shape index (κ3) is 3.13. The van der Waals surface area contributed by atoms with Crippen LogP contribution in [0.15, 0.2) is 18.2 Å². The third-order valence-electron chi connectivity index (χ3n) is 2.02. The van der Waals surface area contributed by atoms with Crippen LogP contribution in [0.5, 0.6) is 11.5 Å². The Morgan fingerprint density at radius 3 is 2.69 bits per heavy atom. The van der Waals surface area contributed by atoms with Crippen LogP contribution < -0.4 is 9.47 Å². The molecule has 0 unspecified atom stereocenters. The minimum Gasteiger partial charge on any atom is -0.497 e. The fraction of sp³-hybridized carbons (Fsp3) is 0.364. The molecule has 0 heterocycles. The molecular formula is C11H14O5. The fourth-order valence-corrected chi connectivity index (χ4v) is 1.12. The van der Waals surface area contributed by atoms with E-state index in [2.05, 4.69) is 4.74 Å². The molecule has 0 bridgehead atoms. The summed E-state index contributed by atoms with van der Waals surface area (Å²) in [5.74, 6) is 0.524. The number of esters is 1. The summed E-state index contributed by atoms with van der Waals surface area (Å²) in [6.07, 6.45) is 0. The lowest BCUT2D eigenvalue weighted by Crippen LogP contribution is -2.13. The Hall–Kier alpha value is -1.75. The number of hydrogen-bond acceptors (Lipinski definition) is 5.